The van der Waals surface area contributed by atoms with Gasteiger partial charge in [-0.1, -0.05) is 0 Å². The molecular formula is C17H21ClN2O5S. The standard InChI is InChI=1S/C17H21ClN2O5S/c1-25-11-12-4-2-9-20(12)26(23,24)13-5-6-15-14(10-13)16(21)17(22)19(15)8-3-7-18/h5-6,10,12H,2-4,7-9,11H2,1H3/t12-/m0/s1. The smallest absolute Gasteiger partial charge is 0.299 e. The van der Waals surface area contributed by atoms with Gasteiger partial charge in [0, 0.05) is 32.1 Å². The van der Waals surface area contributed by atoms with Crippen LogP contribution in [0.3, 0.4) is 0 Å². The highest BCUT2D eigenvalue weighted by Gasteiger charge is 2.39. The molecule has 0 spiro atoms. The molecule has 0 bridgehead atoms. The number of ketones is 1. The highest BCUT2D eigenvalue weighted by molar-refractivity contribution is 7.89. The Balaban J connectivity index is 1.94. The number of fused-ring (bicyclic) bond motifs is 1. The lowest BCUT2D eigenvalue weighted by Gasteiger charge is -2.24. The third-order valence-corrected chi connectivity index (χ3v) is 6.96. The van der Waals surface area contributed by atoms with Crippen LogP contribution in [0.2, 0.25) is 0 Å². The fourth-order valence-electron chi connectivity index (χ4n) is 3.50. The number of anilines is 1. The van der Waals surface area contributed by atoms with Gasteiger partial charge in [0.2, 0.25) is 10.0 Å². The molecule has 1 saturated heterocycles. The Morgan fingerprint density at radius 1 is 1.31 bits per heavy atom. The zero-order valence-corrected chi connectivity index (χ0v) is 16.1. The minimum atomic E-state index is -3.76. The Labute approximate surface area is 157 Å². The maximum Gasteiger partial charge on any atom is 0.299 e. The van der Waals surface area contributed by atoms with E-state index in [9.17, 15) is 18.0 Å². The normalized spacial score (nSPS) is 20.8. The molecule has 0 radical (unpaired) electrons. The Hall–Kier alpha value is -1.48. The summed E-state index contributed by atoms with van der Waals surface area (Å²) >= 11 is 5.67. The molecule has 9 heteroatoms. The van der Waals surface area contributed by atoms with Crippen molar-refractivity contribution in [1.29, 1.82) is 0 Å². The summed E-state index contributed by atoms with van der Waals surface area (Å²) < 4.78 is 32.6. The zero-order chi connectivity index (χ0) is 18.9. The van der Waals surface area contributed by atoms with E-state index in [0.717, 1.165) is 12.8 Å². The molecule has 1 fully saturated rings. The maximum atomic E-state index is 13.0. The lowest BCUT2D eigenvalue weighted by molar-refractivity contribution is -0.114. The van der Waals surface area contributed by atoms with Gasteiger partial charge in [-0.05, 0) is 37.5 Å². The van der Waals surface area contributed by atoms with Crippen molar-refractivity contribution in [3.8, 4) is 0 Å². The van der Waals surface area contributed by atoms with Crippen molar-refractivity contribution in [3.63, 3.8) is 0 Å². The molecule has 0 aliphatic carbocycles. The minimum absolute atomic E-state index is 0.0274. The number of halogens is 1. The Bertz CT molecular complexity index is 826. The first-order chi connectivity index (χ1) is 12.4. The lowest BCUT2D eigenvalue weighted by atomic mass is 10.1. The summed E-state index contributed by atoms with van der Waals surface area (Å²) in [5.41, 5.74) is 0.576. The van der Waals surface area contributed by atoms with Gasteiger partial charge in [-0.25, -0.2) is 8.42 Å². The van der Waals surface area contributed by atoms with Gasteiger partial charge < -0.3 is 9.64 Å². The number of Topliss-reactive ketones (excluding diaryl/α,β-unsaturated/α-hetero) is 1. The summed E-state index contributed by atoms with van der Waals surface area (Å²) in [4.78, 5) is 25.9. The molecule has 1 aromatic rings. The fourth-order valence-corrected chi connectivity index (χ4v) is 5.33. The van der Waals surface area contributed by atoms with Gasteiger partial charge in [0.25, 0.3) is 11.7 Å². The first-order valence-corrected chi connectivity index (χ1v) is 10.5. The molecule has 3 rings (SSSR count). The van der Waals surface area contributed by atoms with Crippen LogP contribution in [0.15, 0.2) is 23.1 Å². The first kappa shape index (κ1) is 19.3. The topological polar surface area (TPSA) is 84.0 Å². The average molecular weight is 401 g/mol. The number of sulfonamides is 1. The molecule has 0 aromatic heterocycles. The molecule has 7 nitrogen and oxygen atoms in total. The van der Waals surface area contributed by atoms with Crippen LogP contribution in [-0.2, 0) is 19.6 Å². The highest BCUT2D eigenvalue weighted by atomic mass is 35.5. The van der Waals surface area contributed by atoms with Gasteiger partial charge in [0.05, 0.1) is 22.8 Å². The Kier molecular flexibility index (Phi) is 5.67. The fraction of sp³-hybridized carbons (Fsp3) is 0.529. The van der Waals surface area contributed by atoms with Gasteiger partial charge in [0.1, 0.15) is 0 Å². The van der Waals surface area contributed by atoms with Crippen LogP contribution in [0.4, 0.5) is 5.69 Å². The Morgan fingerprint density at radius 2 is 2.08 bits per heavy atom. The van der Waals surface area contributed by atoms with Gasteiger partial charge in [-0.2, -0.15) is 4.31 Å². The summed E-state index contributed by atoms with van der Waals surface area (Å²) in [5, 5.41) is 0. The van der Waals surface area contributed by atoms with Crippen LogP contribution in [-0.4, -0.2) is 63.1 Å². The van der Waals surface area contributed by atoms with Crippen molar-refractivity contribution in [3.05, 3.63) is 23.8 Å². The largest absolute Gasteiger partial charge is 0.383 e. The van der Waals surface area contributed by atoms with E-state index >= 15 is 0 Å². The molecule has 1 atom stereocenters. The Morgan fingerprint density at radius 3 is 2.77 bits per heavy atom. The van der Waals surface area contributed by atoms with Gasteiger partial charge in [-0.15, -0.1) is 11.6 Å². The van der Waals surface area contributed by atoms with Crippen molar-refractivity contribution in [1.82, 2.24) is 4.31 Å². The van der Waals surface area contributed by atoms with E-state index in [1.807, 2.05) is 0 Å². The predicted molar refractivity (Wildman–Crippen MR) is 97.3 cm³/mol. The molecule has 1 amide bonds. The highest BCUT2D eigenvalue weighted by Crippen LogP contribution is 2.33. The second-order valence-corrected chi connectivity index (χ2v) is 8.64. The van der Waals surface area contributed by atoms with Crippen molar-refractivity contribution >= 4 is 39.0 Å². The van der Waals surface area contributed by atoms with E-state index in [1.54, 1.807) is 0 Å². The minimum Gasteiger partial charge on any atom is -0.383 e. The van der Waals surface area contributed by atoms with Crippen molar-refractivity contribution in [2.24, 2.45) is 0 Å². The van der Waals surface area contributed by atoms with Crippen molar-refractivity contribution in [2.45, 2.75) is 30.2 Å². The molecule has 0 unspecified atom stereocenters. The first-order valence-electron chi connectivity index (χ1n) is 8.48. The summed E-state index contributed by atoms with van der Waals surface area (Å²) in [7, 11) is -2.22. The molecule has 26 heavy (non-hydrogen) atoms. The van der Waals surface area contributed by atoms with Crippen molar-refractivity contribution in [2.75, 3.05) is 37.6 Å². The molecular weight excluding hydrogens is 380 g/mol. The molecule has 2 aliphatic heterocycles. The van der Waals surface area contributed by atoms with E-state index < -0.39 is 21.7 Å². The number of carbonyl (C=O) groups excluding carboxylic acids is 2. The second-order valence-electron chi connectivity index (χ2n) is 6.37. The van der Waals surface area contributed by atoms with Gasteiger partial charge in [-0.3, -0.25) is 9.59 Å². The number of nitrogens with zero attached hydrogens (tertiary/aromatic N) is 2. The molecule has 142 valence electrons. The number of rotatable bonds is 7. The number of benzene rings is 1. The van der Waals surface area contributed by atoms with Crippen LogP contribution in [0, 0.1) is 0 Å². The summed E-state index contributed by atoms with van der Waals surface area (Å²) in [6.45, 7) is 1.07. The summed E-state index contributed by atoms with van der Waals surface area (Å²) in [5.74, 6) is -0.949. The molecule has 1 aromatic carbocycles. The predicted octanol–water partition coefficient (Wildman–Crippen LogP) is 1.64. The SMILES string of the molecule is COC[C@@H]1CCCN1S(=O)(=O)c1ccc2c(c1)C(=O)C(=O)N2CCCCl. The zero-order valence-electron chi connectivity index (χ0n) is 14.5. The quantitative estimate of drug-likeness (QED) is 0.513. The van der Waals surface area contributed by atoms with Gasteiger partial charge in [0.15, 0.2) is 0 Å². The number of carbonyl (C=O) groups is 2. The average Bonchev–Trinajstić information content (AvgIpc) is 3.18. The maximum absolute atomic E-state index is 13.0. The monoisotopic (exact) mass is 400 g/mol. The van der Waals surface area contributed by atoms with Crippen LogP contribution in [0.5, 0.6) is 0 Å². The van der Waals surface area contributed by atoms with E-state index in [-0.39, 0.29) is 16.5 Å². The number of alkyl halides is 1. The molecule has 2 heterocycles. The molecule has 2 aliphatic rings. The number of amides is 1. The molecule has 0 N–H and O–H groups in total. The van der Waals surface area contributed by atoms with Crippen molar-refractivity contribution < 1.29 is 22.7 Å². The van der Waals surface area contributed by atoms with E-state index in [0.29, 0.717) is 37.7 Å². The summed E-state index contributed by atoms with van der Waals surface area (Å²) in [6.07, 6.45) is 2.05. The molecule has 0 saturated carbocycles. The van der Waals surface area contributed by atoms with Gasteiger partial charge >= 0.3 is 0 Å². The number of methoxy groups -OCH3 is 1. The number of ether oxygens (including phenoxy) is 1. The number of hydrogen-bond acceptors (Lipinski definition) is 5. The third-order valence-electron chi connectivity index (χ3n) is 4.75. The van der Waals surface area contributed by atoms with E-state index in [1.165, 1.54) is 34.5 Å². The van der Waals surface area contributed by atoms with Crippen LogP contribution in [0.25, 0.3) is 0 Å². The van der Waals surface area contributed by atoms with Crippen LogP contribution in [0.1, 0.15) is 29.6 Å². The van der Waals surface area contributed by atoms with E-state index in [4.69, 9.17) is 16.3 Å². The third kappa shape index (κ3) is 3.26. The lowest BCUT2D eigenvalue weighted by Crippen LogP contribution is -2.38. The van der Waals surface area contributed by atoms with E-state index in [2.05, 4.69) is 0 Å². The summed E-state index contributed by atoms with van der Waals surface area (Å²) in [6, 6.07) is 4.08. The van der Waals surface area contributed by atoms with Crippen LogP contribution < -0.4 is 4.90 Å². The second kappa shape index (κ2) is 7.64. The number of hydrogen-bond donors (Lipinski definition) is 0. The van der Waals surface area contributed by atoms with Crippen LogP contribution >= 0.6 is 11.6 Å².